The lowest BCUT2D eigenvalue weighted by molar-refractivity contribution is 0.147. The van der Waals surface area contributed by atoms with Gasteiger partial charge in [-0.2, -0.15) is 0 Å². The van der Waals surface area contributed by atoms with E-state index in [0.717, 1.165) is 38.5 Å². The number of aromatic hydroxyl groups is 1. The molecule has 3 nitrogen and oxygen atoms in total. The Balaban J connectivity index is 2.20. The molecule has 114 valence electrons. The molecule has 0 heterocycles. The first-order valence-electron chi connectivity index (χ1n) is 7.71. The molecule has 0 saturated heterocycles. The minimum atomic E-state index is -0.143. The fourth-order valence-electron chi connectivity index (χ4n) is 2.36. The molecule has 0 aliphatic rings. The largest absolute Gasteiger partial charge is 0.504 e. The second-order valence-corrected chi connectivity index (χ2v) is 5.40. The Hall–Kier alpha value is -1.22. The molecule has 1 rings (SSSR count). The van der Waals surface area contributed by atoms with Gasteiger partial charge in [0.15, 0.2) is 11.5 Å². The lowest BCUT2D eigenvalue weighted by Gasteiger charge is -2.10. The molecule has 0 bridgehead atoms. The molecule has 0 fully saturated rings. The standard InChI is InChI=1S/C17H28O3/c1-3-4-5-9-15(18)10-7-6-8-14-11-12-16(19)17(13-14)20-2/h11-13,15,18-19H,3-10H2,1-2H3/t15-/m0/s1. The van der Waals surface area contributed by atoms with Crippen LogP contribution in [0.2, 0.25) is 0 Å². The van der Waals surface area contributed by atoms with Crippen molar-refractivity contribution in [2.45, 2.75) is 64.4 Å². The van der Waals surface area contributed by atoms with Gasteiger partial charge in [0.25, 0.3) is 0 Å². The third-order valence-corrected chi connectivity index (χ3v) is 3.64. The van der Waals surface area contributed by atoms with E-state index in [0.29, 0.717) is 5.75 Å². The maximum Gasteiger partial charge on any atom is 0.160 e. The van der Waals surface area contributed by atoms with E-state index in [1.54, 1.807) is 13.2 Å². The predicted octanol–water partition coefficient (Wildman–Crippen LogP) is 4.05. The normalized spacial score (nSPS) is 12.3. The fourth-order valence-corrected chi connectivity index (χ4v) is 2.36. The summed E-state index contributed by atoms with van der Waals surface area (Å²) in [5.41, 5.74) is 1.17. The van der Waals surface area contributed by atoms with Gasteiger partial charge in [-0.3, -0.25) is 0 Å². The summed E-state index contributed by atoms with van der Waals surface area (Å²) in [6, 6.07) is 5.48. The van der Waals surface area contributed by atoms with Gasteiger partial charge >= 0.3 is 0 Å². The van der Waals surface area contributed by atoms with E-state index >= 15 is 0 Å². The molecule has 1 aromatic rings. The summed E-state index contributed by atoms with van der Waals surface area (Å²) < 4.78 is 5.10. The molecule has 0 aromatic heterocycles. The van der Waals surface area contributed by atoms with Crippen LogP contribution in [0.5, 0.6) is 11.5 Å². The minimum Gasteiger partial charge on any atom is -0.504 e. The number of unbranched alkanes of at least 4 members (excludes halogenated alkanes) is 3. The number of hydrogen-bond acceptors (Lipinski definition) is 3. The second kappa shape index (κ2) is 9.65. The van der Waals surface area contributed by atoms with Crippen LogP contribution >= 0.6 is 0 Å². The summed E-state index contributed by atoms with van der Waals surface area (Å²) in [5, 5.41) is 19.4. The van der Waals surface area contributed by atoms with Crippen LogP contribution < -0.4 is 4.74 Å². The summed E-state index contributed by atoms with van der Waals surface area (Å²) in [4.78, 5) is 0. The second-order valence-electron chi connectivity index (χ2n) is 5.40. The summed E-state index contributed by atoms with van der Waals surface area (Å²) in [6.07, 6.45) is 8.27. The monoisotopic (exact) mass is 280 g/mol. The van der Waals surface area contributed by atoms with Crippen molar-refractivity contribution < 1.29 is 14.9 Å². The molecule has 0 aliphatic heterocycles. The quantitative estimate of drug-likeness (QED) is 0.636. The van der Waals surface area contributed by atoms with Gasteiger partial charge in [-0.15, -0.1) is 0 Å². The number of phenolic OH excluding ortho intramolecular Hbond substituents is 1. The fraction of sp³-hybridized carbons (Fsp3) is 0.647. The van der Waals surface area contributed by atoms with Crippen LogP contribution in [-0.4, -0.2) is 23.4 Å². The van der Waals surface area contributed by atoms with Gasteiger partial charge in [0.05, 0.1) is 13.2 Å². The third-order valence-electron chi connectivity index (χ3n) is 3.64. The van der Waals surface area contributed by atoms with Crippen LogP contribution in [0.1, 0.15) is 57.4 Å². The molecule has 0 amide bonds. The zero-order valence-electron chi connectivity index (χ0n) is 12.8. The van der Waals surface area contributed by atoms with Crippen LogP contribution in [0.3, 0.4) is 0 Å². The van der Waals surface area contributed by atoms with Crippen LogP contribution in [0.4, 0.5) is 0 Å². The van der Waals surface area contributed by atoms with E-state index in [1.807, 2.05) is 12.1 Å². The predicted molar refractivity (Wildman–Crippen MR) is 82.4 cm³/mol. The van der Waals surface area contributed by atoms with E-state index in [9.17, 15) is 10.2 Å². The number of aryl methyl sites for hydroxylation is 1. The Morgan fingerprint density at radius 1 is 1.10 bits per heavy atom. The van der Waals surface area contributed by atoms with Gasteiger partial charge in [-0.25, -0.2) is 0 Å². The molecule has 2 N–H and O–H groups in total. The van der Waals surface area contributed by atoms with Gasteiger partial charge in [0.1, 0.15) is 0 Å². The van der Waals surface area contributed by atoms with Crippen molar-refractivity contribution in [3.8, 4) is 11.5 Å². The van der Waals surface area contributed by atoms with Crippen molar-refractivity contribution in [2.24, 2.45) is 0 Å². The van der Waals surface area contributed by atoms with Gasteiger partial charge in [0.2, 0.25) is 0 Å². The van der Waals surface area contributed by atoms with Gasteiger partial charge in [-0.05, 0) is 43.4 Å². The molecular formula is C17H28O3. The number of rotatable bonds is 10. The van der Waals surface area contributed by atoms with E-state index in [1.165, 1.54) is 18.4 Å². The Morgan fingerprint density at radius 2 is 1.80 bits per heavy atom. The van der Waals surface area contributed by atoms with E-state index in [-0.39, 0.29) is 11.9 Å². The molecule has 0 spiro atoms. The number of methoxy groups -OCH3 is 1. The zero-order chi connectivity index (χ0) is 14.8. The van der Waals surface area contributed by atoms with Crippen LogP contribution in [0.25, 0.3) is 0 Å². The SMILES string of the molecule is CCCCC[C@H](O)CCCCc1ccc(O)c(OC)c1. The third kappa shape index (κ3) is 6.29. The Labute approximate surface area is 122 Å². The molecule has 1 atom stereocenters. The Kier molecular flexibility index (Phi) is 8.12. The Morgan fingerprint density at radius 3 is 2.45 bits per heavy atom. The highest BCUT2D eigenvalue weighted by Gasteiger charge is 2.05. The number of phenols is 1. The minimum absolute atomic E-state index is 0.143. The van der Waals surface area contributed by atoms with Crippen molar-refractivity contribution in [1.29, 1.82) is 0 Å². The van der Waals surface area contributed by atoms with Crippen molar-refractivity contribution in [1.82, 2.24) is 0 Å². The molecular weight excluding hydrogens is 252 g/mol. The summed E-state index contributed by atoms with van der Waals surface area (Å²) in [7, 11) is 1.56. The zero-order valence-corrected chi connectivity index (χ0v) is 12.8. The summed E-state index contributed by atoms with van der Waals surface area (Å²) in [6.45, 7) is 2.18. The van der Waals surface area contributed by atoms with Gasteiger partial charge < -0.3 is 14.9 Å². The van der Waals surface area contributed by atoms with Crippen molar-refractivity contribution in [3.63, 3.8) is 0 Å². The van der Waals surface area contributed by atoms with Crippen LogP contribution in [0, 0.1) is 0 Å². The number of benzene rings is 1. The first-order valence-corrected chi connectivity index (χ1v) is 7.71. The van der Waals surface area contributed by atoms with Crippen molar-refractivity contribution in [3.05, 3.63) is 23.8 Å². The van der Waals surface area contributed by atoms with Gasteiger partial charge in [0, 0.05) is 0 Å². The van der Waals surface area contributed by atoms with E-state index in [2.05, 4.69) is 6.92 Å². The van der Waals surface area contributed by atoms with Gasteiger partial charge in [-0.1, -0.05) is 38.7 Å². The molecule has 1 aromatic carbocycles. The lowest BCUT2D eigenvalue weighted by atomic mass is 10.0. The highest BCUT2D eigenvalue weighted by molar-refractivity contribution is 5.41. The summed E-state index contributed by atoms with van der Waals surface area (Å²) in [5.74, 6) is 0.713. The number of hydrogen-bond donors (Lipinski definition) is 2. The molecule has 0 saturated carbocycles. The first-order chi connectivity index (χ1) is 9.67. The number of ether oxygens (including phenoxy) is 1. The number of aliphatic hydroxyl groups is 1. The highest BCUT2D eigenvalue weighted by atomic mass is 16.5. The maximum atomic E-state index is 9.84. The average Bonchev–Trinajstić information content (AvgIpc) is 2.45. The number of aliphatic hydroxyl groups excluding tert-OH is 1. The van der Waals surface area contributed by atoms with Crippen LogP contribution in [-0.2, 0) is 6.42 Å². The molecule has 0 aliphatic carbocycles. The molecule has 20 heavy (non-hydrogen) atoms. The lowest BCUT2D eigenvalue weighted by Crippen LogP contribution is -2.06. The topological polar surface area (TPSA) is 49.7 Å². The van der Waals surface area contributed by atoms with Crippen LogP contribution in [0.15, 0.2) is 18.2 Å². The van der Waals surface area contributed by atoms with E-state index in [4.69, 9.17) is 4.74 Å². The maximum absolute atomic E-state index is 9.84. The molecule has 0 radical (unpaired) electrons. The average molecular weight is 280 g/mol. The highest BCUT2D eigenvalue weighted by Crippen LogP contribution is 2.27. The van der Waals surface area contributed by atoms with Crippen molar-refractivity contribution in [2.75, 3.05) is 7.11 Å². The summed E-state index contributed by atoms with van der Waals surface area (Å²) >= 11 is 0. The molecule has 3 heteroatoms. The van der Waals surface area contributed by atoms with E-state index < -0.39 is 0 Å². The smallest absolute Gasteiger partial charge is 0.160 e. The van der Waals surface area contributed by atoms with Crippen molar-refractivity contribution >= 4 is 0 Å². The first kappa shape index (κ1) is 16.8. The Bertz CT molecular complexity index is 376. The molecule has 0 unspecified atom stereocenters.